The molecule has 1 saturated heterocycles. The lowest BCUT2D eigenvalue weighted by molar-refractivity contribution is -0.125. The summed E-state index contributed by atoms with van der Waals surface area (Å²) in [6.45, 7) is 0.719. The van der Waals surface area contributed by atoms with Crippen molar-refractivity contribution in [1.82, 2.24) is 14.9 Å². The molecule has 1 aromatic heterocycles. The third kappa shape index (κ3) is 2.47. The average molecular weight is 303 g/mol. The maximum Gasteiger partial charge on any atom is 0.243 e. The molecule has 1 N–H and O–H groups in total. The van der Waals surface area contributed by atoms with Gasteiger partial charge in [0.1, 0.15) is 11.9 Å². The molecular formula is C15H15ClN4O. The molecule has 0 bridgehead atoms. The Morgan fingerprint density at radius 3 is 3.10 bits per heavy atom. The molecular weight excluding hydrogens is 288 g/mol. The topological polar surface area (TPSA) is 70.7 Å². The van der Waals surface area contributed by atoms with E-state index in [9.17, 15) is 4.79 Å². The molecule has 0 saturated carbocycles. The second-order valence-corrected chi connectivity index (χ2v) is 5.48. The third-order valence-electron chi connectivity index (χ3n) is 3.78. The van der Waals surface area contributed by atoms with Crippen molar-refractivity contribution < 1.29 is 4.79 Å². The van der Waals surface area contributed by atoms with Crippen molar-refractivity contribution in [3.05, 3.63) is 29.6 Å². The van der Waals surface area contributed by atoms with Crippen LogP contribution in [0, 0.1) is 11.3 Å². The molecule has 2 heterocycles. The first kappa shape index (κ1) is 13.9. The Morgan fingerprint density at radius 2 is 2.38 bits per heavy atom. The van der Waals surface area contributed by atoms with Gasteiger partial charge >= 0.3 is 0 Å². The van der Waals surface area contributed by atoms with Gasteiger partial charge in [0.05, 0.1) is 22.7 Å². The number of piperidine rings is 1. The van der Waals surface area contributed by atoms with Gasteiger partial charge in [-0.15, -0.1) is 11.6 Å². The molecule has 2 aromatic rings. The first-order chi connectivity index (χ1) is 10.2. The second-order valence-electron chi connectivity index (χ2n) is 5.10. The number of fused-ring (bicyclic) bond motifs is 1. The summed E-state index contributed by atoms with van der Waals surface area (Å²) >= 11 is 5.86. The molecule has 5 nitrogen and oxygen atoms in total. The molecule has 6 heteroatoms. The van der Waals surface area contributed by atoms with Crippen LogP contribution in [0.3, 0.4) is 0 Å². The molecule has 1 aliphatic rings. The maximum absolute atomic E-state index is 12.2. The van der Waals surface area contributed by atoms with Crippen LogP contribution in [0.2, 0.25) is 0 Å². The number of nitrogens with zero attached hydrogens (tertiary/aromatic N) is 3. The SMILES string of the molecule is N#Cc1ccc2nc(CCCl)n(C3CCCNC3=O)c2c1. The van der Waals surface area contributed by atoms with Crippen LogP contribution in [-0.2, 0) is 11.2 Å². The Bertz CT molecular complexity index is 731. The quantitative estimate of drug-likeness (QED) is 0.883. The summed E-state index contributed by atoms with van der Waals surface area (Å²) < 4.78 is 1.95. The van der Waals surface area contributed by atoms with Gasteiger partial charge in [0.25, 0.3) is 0 Å². The minimum Gasteiger partial charge on any atom is -0.354 e. The van der Waals surface area contributed by atoms with Crippen molar-refractivity contribution in [2.24, 2.45) is 0 Å². The molecule has 1 aliphatic heterocycles. The molecule has 1 unspecified atom stereocenters. The molecule has 1 fully saturated rings. The number of nitriles is 1. The lowest BCUT2D eigenvalue weighted by Gasteiger charge is -2.25. The number of alkyl halides is 1. The summed E-state index contributed by atoms with van der Waals surface area (Å²) in [4.78, 5) is 16.8. The largest absolute Gasteiger partial charge is 0.354 e. The number of rotatable bonds is 3. The summed E-state index contributed by atoms with van der Waals surface area (Å²) in [5.41, 5.74) is 2.20. The molecule has 108 valence electrons. The zero-order valence-corrected chi connectivity index (χ0v) is 12.2. The number of carbonyl (C=O) groups is 1. The fourth-order valence-electron chi connectivity index (χ4n) is 2.82. The van der Waals surface area contributed by atoms with E-state index < -0.39 is 0 Å². The molecule has 1 atom stereocenters. The van der Waals surface area contributed by atoms with Crippen LogP contribution in [0.1, 0.15) is 30.3 Å². The van der Waals surface area contributed by atoms with E-state index in [0.717, 1.165) is 36.2 Å². The normalized spacial score (nSPS) is 18.5. The van der Waals surface area contributed by atoms with Crippen LogP contribution < -0.4 is 5.32 Å². The van der Waals surface area contributed by atoms with E-state index in [1.54, 1.807) is 12.1 Å². The number of hydrogen-bond donors (Lipinski definition) is 1. The molecule has 21 heavy (non-hydrogen) atoms. The van der Waals surface area contributed by atoms with Gasteiger partial charge in [-0.25, -0.2) is 4.98 Å². The van der Waals surface area contributed by atoms with Crippen LogP contribution >= 0.6 is 11.6 Å². The fourth-order valence-corrected chi connectivity index (χ4v) is 2.99. The van der Waals surface area contributed by atoms with Crippen molar-refractivity contribution in [3.8, 4) is 6.07 Å². The summed E-state index contributed by atoms with van der Waals surface area (Å²) in [7, 11) is 0. The minimum absolute atomic E-state index is 0.0127. The van der Waals surface area contributed by atoms with Crippen LogP contribution in [0.25, 0.3) is 11.0 Å². The summed E-state index contributed by atoms with van der Waals surface area (Å²) in [6, 6.07) is 7.22. The van der Waals surface area contributed by atoms with E-state index in [2.05, 4.69) is 16.4 Å². The highest BCUT2D eigenvalue weighted by Crippen LogP contribution is 2.27. The number of aromatic nitrogens is 2. The lowest BCUT2D eigenvalue weighted by atomic mass is 10.1. The van der Waals surface area contributed by atoms with Gasteiger partial charge in [-0.05, 0) is 31.0 Å². The molecule has 0 spiro atoms. The van der Waals surface area contributed by atoms with Crippen molar-refractivity contribution >= 4 is 28.5 Å². The smallest absolute Gasteiger partial charge is 0.243 e. The van der Waals surface area contributed by atoms with Crippen molar-refractivity contribution in [2.75, 3.05) is 12.4 Å². The van der Waals surface area contributed by atoms with E-state index >= 15 is 0 Å². The monoisotopic (exact) mass is 302 g/mol. The van der Waals surface area contributed by atoms with Crippen LogP contribution in [0.15, 0.2) is 18.2 Å². The molecule has 0 aliphatic carbocycles. The van der Waals surface area contributed by atoms with Crippen molar-refractivity contribution in [2.45, 2.75) is 25.3 Å². The van der Waals surface area contributed by atoms with Crippen LogP contribution in [-0.4, -0.2) is 27.9 Å². The molecule has 0 radical (unpaired) electrons. The highest BCUT2D eigenvalue weighted by molar-refractivity contribution is 6.17. The number of benzene rings is 1. The first-order valence-electron chi connectivity index (χ1n) is 6.99. The van der Waals surface area contributed by atoms with Crippen LogP contribution in [0.5, 0.6) is 0 Å². The average Bonchev–Trinajstić information content (AvgIpc) is 2.85. The van der Waals surface area contributed by atoms with E-state index in [-0.39, 0.29) is 11.9 Å². The molecule has 1 aromatic carbocycles. The van der Waals surface area contributed by atoms with Gasteiger partial charge in [-0.3, -0.25) is 4.79 Å². The minimum atomic E-state index is -0.268. The van der Waals surface area contributed by atoms with Gasteiger partial charge in [0, 0.05) is 18.8 Å². The maximum atomic E-state index is 12.2. The second kappa shape index (κ2) is 5.74. The predicted molar refractivity (Wildman–Crippen MR) is 80.2 cm³/mol. The number of carbonyl (C=O) groups excluding carboxylic acids is 1. The zero-order valence-electron chi connectivity index (χ0n) is 11.5. The van der Waals surface area contributed by atoms with E-state index in [0.29, 0.717) is 17.9 Å². The number of nitrogens with one attached hydrogen (secondary N) is 1. The summed E-state index contributed by atoms with van der Waals surface area (Å²) in [5, 5.41) is 12.0. The van der Waals surface area contributed by atoms with Gasteiger partial charge in [-0.1, -0.05) is 0 Å². The molecule has 3 rings (SSSR count). The standard InChI is InChI=1S/C15H15ClN4O/c16-6-5-14-19-11-4-3-10(9-17)8-13(11)20(14)12-2-1-7-18-15(12)21/h3-4,8,12H,1-2,5-7H2,(H,18,21). The van der Waals surface area contributed by atoms with Crippen LogP contribution in [0.4, 0.5) is 0 Å². The first-order valence-corrected chi connectivity index (χ1v) is 7.52. The van der Waals surface area contributed by atoms with E-state index in [4.69, 9.17) is 16.9 Å². The fraction of sp³-hybridized carbons (Fsp3) is 0.400. The Morgan fingerprint density at radius 1 is 1.52 bits per heavy atom. The van der Waals surface area contributed by atoms with Gasteiger partial charge < -0.3 is 9.88 Å². The highest BCUT2D eigenvalue weighted by Gasteiger charge is 2.27. The Hall–Kier alpha value is -2.06. The molecule has 1 amide bonds. The number of hydrogen-bond acceptors (Lipinski definition) is 3. The zero-order chi connectivity index (χ0) is 14.8. The summed E-state index contributed by atoms with van der Waals surface area (Å²) in [6.07, 6.45) is 2.32. The Kier molecular flexibility index (Phi) is 3.80. The highest BCUT2D eigenvalue weighted by atomic mass is 35.5. The van der Waals surface area contributed by atoms with E-state index in [1.807, 2.05) is 10.6 Å². The van der Waals surface area contributed by atoms with E-state index in [1.165, 1.54) is 0 Å². The Labute approximate surface area is 127 Å². The predicted octanol–water partition coefficient (Wildman–Crippen LogP) is 2.14. The third-order valence-corrected chi connectivity index (χ3v) is 3.97. The number of halogens is 1. The van der Waals surface area contributed by atoms with Crippen molar-refractivity contribution in [3.63, 3.8) is 0 Å². The number of imidazole rings is 1. The summed E-state index contributed by atoms with van der Waals surface area (Å²) in [5.74, 6) is 1.26. The van der Waals surface area contributed by atoms with Gasteiger partial charge in [-0.2, -0.15) is 5.26 Å². The van der Waals surface area contributed by atoms with Gasteiger partial charge in [0.15, 0.2) is 0 Å². The number of aryl methyl sites for hydroxylation is 1. The Balaban J connectivity index is 2.18. The lowest BCUT2D eigenvalue weighted by Crippen LogP contribution is -2.38. The number of amides is 1. The van der Waals surface area contributed by atoms with Crippen molar-refractivity contribution in [1.29, 1.82) is 5.26 Å². The van der Waals surface area contributed by atoms with Gasteiger partial charge in [0.2, 0.25) is 5.91 Å².